The molecule has 0 radical (unpaired) electrons. The standard InChI is InChI=1S/C53H31N5O/c54-32-35-30-42-40-24-15-25-41(44-31-43(33-16-3-1-4-17-33)55-53(56-44)34-18-5-2-6-19-34)51(40)59-52(42)50(58-47-28-13-9-22-38(47)39-23-10-14-29-48(39)58)49(35)57-45-26-11-7-20-36(45)37-21-8-12-27-46(37)57/h1-31H. The van der Waals surface area contributed by atoms with Crippen molar-refractivity contribution in [1.82, 2.24) is 19.1 Å². The summed E-state index contributed by atoms with van der Waals surface area (Å²) in [5, 5.41) is 17.5. The Bertz CT molecular complexity index is 3520. The molecule has 0 fully saturated rings. The van der Waals surface area contributed by atoms with Crippen LogP contribution in [0.3, 0.4) is 0 Å². The number of hydrogen-bond acceptors (Lipinski definition) is 4. The topological polar surface area (TPSA) is 72.6 Å². The van der Waals surface area contributed by atoms with Gasteiger partial charge < -0.3 is 13.6 Å². The summed E-state index contributed by atoms with van der Waals surface area (Å²) in [5.74, 6) is 0.626. The van der Waals surface area contributed by atoms with E-state index in [1.165, 1.54) is 0 Å². The van der Waals surface area contributed by atoms with Gasteiger partial charge in [-0.1, -0.05) is 146 Å². The van der Waals surface area contributed by atoms with E-state index in [2.05, 4.69) is 137 Å². The zero-order valence-corrected chi connectivity index (χ0v) is 31.5. The van der Waals surface area contributed by atoms with Gasteiger partial charge in [-0.25, -0.2) is 9.97 Å². The van der Waals surface area contributed by atoms with Gasteiger partial charge in [0.25, 0.3) is 0 Å². The van der Waals surface area contributed by atoms with E-state index < -0.39 is 0 Å². The molecule has 4 aromatic heterocycles. The molecule has 0 saturated carbocycles. The predicted molar refractivity (Wildman–Crippen MR) is 239 cm³/mol. The highest BCUT2D eigenvalue weighted by molar-refractivity contribution is 6.17. The normalized spacial score (nSPS) is 11.7. The number of para-hydroxylation sites is 5. The van der Waals surface area contributed by atoms with Gasteiger partial charge in [-0.15, -0.1) is 0 Å². The molecule has 0 saturated heterocycles. The highest BCUT2D eigenvalue weighted by Crippen LogP contribution is 2.46. The second-order valence-electron chi connectivity index (χ2n) is 14.8. The highest BCUT2D eigenvalue weighted by atomic mass is 16.3. The Morgan fingerprint density at radius 1 is 0.407 bits per heavy atom. The van der Waals surface area contributed by atoms with Crippen molar-refractivity contribution in [3.8, 4) is 51.3 Å². The third kappa shape index (κ3) is 4.92. The molecule has 0 aliphatic rings. The molecule has 0 atom stereocenters. The van der Waals surface area contributed by atoms with Gasteiger partial charge in [-0.3, -0.25) is 0 Å². The van der Waals surface area contributed by atoms with Crippen molar-refractivity contribution < 1.29 is 4.42 Å². The van der Waals surface area contributed by atoms with E-state index in [-0.39, 0.29) is 0 Å². The fourth-order valence-corrected chi connectivity index (χ4v) is 9.01. The molecule has 12 aromatic rings. The summed E-state index contributed by atoms with van der Waals surface area (Å²) in [7, 11) is 0. The fourth-order valence-electron chi connectivity index (χ4n) is 9.01. The lowest BCUT2D eigenvalue weighted by molar-refractivity contribution is 0.666. The van der Waals surface area contributed by atoms with Crippen LogP contribution in [0, 0.1) is 11.3 Å². The molecule has 0 amide bonds. The van der Waals surface area contributed by atoms with Crippen LogP contribution in [0.5, 0.6) is 0 Å². The highest BCUT2D eigenvalue weighted by Gasteiger charge is 2.28. The van der Waals surface area contributed by atoms with E-state index in [0.29, 0.717) is 22.6 Å². The van der Waals surface area contributed by atoms with E-state index in [9.17, 15) is 5.26 Å². The molecule has 274 valence electrons. The summed E-state index contributed by atoms with van der Waals surface area (Å²) < 4.78 is 11.9. The number of benzene rings is 8. The van der Waals surface area contributed by atoms with E-state index >= 15 is 0 Å². The minimum atomic E-state index is 0.536. The molecule has 0 spiro atoms. The Hall–Kier alpha value is -8.27. The maximum Gasteiger partial charge on any atom is 0.161 e. The minimum Gasteiger partial charge on any atom is -0.453 e. The summed E-state index contributed by atoms with van der Waals surface area (Å²) >= 11 is 0. The van der Waals surface area contributed by atoms with Crippen LogP contribution in [-0.4, -0.2) is 19.1 Å². The molecule has 0 bridgehead atoms. The van der Waals surface area contributed by atoms with Crippen molar-refractivity contribution in [3.63, 3.8) is 0 Å². The van der Waals surface area contributed by atoms with E-state index in [1.807, 2.05) is 66.7 Å². The summed E-state index contributed by atoms with van der Waals surface area (Å²) in [6, 6.07) is 67.0. The molecule has 8 aromatic carbocycles. The lowest BCUT2D eigenvalue weighted by atomic mass is 10.0. The number of nitrogens with zero attached hydrogens (tertiary/aromatic N) is 5. The van der Waals surface area contributed by atoms with Crippen LogP contribution in [0.15, 0.2) is 192 Å². The number of rotatable bonds is 5. The van der Waals surface area contributed by atoms with E-state index in [4.69, 9.17) is 14.4 Å². The van der Waals surface area contributed by atoms with Gasteiger partial charge in [0.05, 0.1) is 44.7 Å². The number of nitriles is 1. The quantitative estimate of drug-likeness (QED) is 0.175. The molecular formula is C53H31N5O. The average Bonchev–Trinajstić information content (AvgIpc) is 3.96. The summed E-state index contributed by atoms with van der Waals surface area (Å²) in [4.78, 5) is 10.3. The first-order valence-corrected chi connectivity index (χ1v) is 19.6. The predicted octanol–water partition coefficient (Wildman–Crippen LogP) is 13.4. The van der Waals surface area contributed by atoms with Crippen molar-refractivity contribution in [2.45, 2.75) is 0 Å². The van der Waals surface area contributed by atoms with Gasteiger partial charge in [0.15, 0.2) is 11.4 Å². The number of aromatic nitrogens is 4. The molecule has 6 nitrogen and oxygen atoms in total. The lowest BCUT2D eigenvalue weighted by Crippen LogP contribution is -2.06. The SMILES string of the molecule is N#Cc1cc2c(oc3c(-c4cc(-c5ccccc5)nc(-c5ccccc5)n4)cccc32)c(-n2c3ccccc3c3ccccc32)c1-n1c2ccccc2c2ccccc21. The van der Waals surface area contributed by atoms with Crippen LogP contribution in [0.4, 0.5) is 0 Å². The Labute approximate surface area is 338 Å². The Morgan fingerprint density at radius 2 is 0.881 bits per heavy atom. The van der Waals surface area contributed by atoms with Gasteiger partial charge in [0.1, 0.15) is 17.3 Å². The zero-order valence-electron chi connectivity index (χ0n) is 31.5. The van der Waals surface area contributed by atoms with Crippen molar-refractivity contribution in [3.05, 3.63) is 194 Å². The molecule has 6 heteroatoms. The first-order valence-electron chi connectivity index (χ1n) is 19.6. The first kappa shape index (κ1) is 32.9. The molecular weight excluding hydrogens is 723 g/mol. The van der Waals surface area contributed by atoms with Crippen LogP contribution in [-0.2, 0) is 0 Å². The van der Waals surface area contributed by atoms with Crippen LogP contribution in [0.2, 0.25) is 0 Å². The van der Waals surface area contributed by atoms with Gasteiger partial charge in [0.2, 0.25) is 0 Å². The second kappa shape index (κ2) is 12.9. The lowest BCUT2D eigenvalue weighted by Gasteiger charge is -2.18. The number of furan rings is 1. The molecule has 0 N–H and O–H groups in total. The maximum atomic E-state index is 11.3. The smallest absolute Gasteiger partial charge is 0.161 e. The van der Waals surface area contributed by atoms with Crippen LogP contribution in [0.25, 0.3) is 111 Å². The van der Waals surface area contributed by atoms with Crippen molar-refractivity contribution in [2.75, 3.05) is 0 Å². The average molecular weight is 754 g/mol. The Morgan fingerprint density at radius 3 is 1.44 bits per heavy atom. The number of fused-ring (bicyclic) bond motifs is 9. The largest absolute Gasteiger partial charge is 0.453 e. The van der Waals surface area contributed by atoms with E-state index in [1.54, 1.807) is 0 Å². The van der Waals surface area contributed by atoms with Crippen LogP contribution in [0.1, 0.15) is 5.56 Å². The molecule has 4 heterocycles. The Balaban J connectivity index is 1.24. The fraction of sp³-hybridized carbons (Fsp3) is 0. The summed E-state index contributed by atoms with van der Waals surface area (Å²) in [6.45, 7) is 0. The molecule has 12 rings (SSSR count). The minimum absolute atomic E-state index is 0.536. The monoisotopic (exact) mass is 753 g/mol. The van der Waals surface area contributed by atoms with Crippen molar-refractivity contribution in [2.24, 2.45) is 0 Å². The molecule has 0 aliphatic carbocycles. The zero-order chi connectivity index (χ0) is 39.0. The first-order chi connectivity index (χ1) is 29.2. The van der Waals surface area contributed by atoms with E-state index in [0.717, 1.165) is 93.8 Å². The van der Waals surface area contributed by atoms with Gasteiger partial charge in [-0.05, 0) is 42.5 Å². The van der Waals surface area contributed by atoms with Crippen molar-refractivity contribution in [1.29, 1.82) is 5.26 Å². The third-order valence-corrected chi connectivity index (χ3v) is 11.6. The van der Waals surface area contributed by atoms with Gasteiger partial charge in [0, 0.05) is 49.0 Å². The molecule has 59 heavy (non-hydrogen) atoms. The summed E-state index contributed by atoms with van der Waals surface area (Å²) in [5.41, 5.74) is 11.8. The van der Waals surface area contributed by atoms with Gasteiger partial charge in [-0.2, -0.15) is 5.26 Å². The second-order valence-corrected chi connectivity index (χ2v) is 14.8. The molecule has 0 aliphatic heterocycles. The maximum absolute atomic E-state index is 11.3. The Kier molecular flexibility index (Phi) is 7.19. The van der Waals surface area contributed by atoms with Crippen LogP contribution >= 0.6 is 0 Å². The third-order valence-electron chi connectivity index (χ3n) is 11.6. The van der Waals surface area contributed by atoms with Gasteiger partial charge >= 0.3 is 0 Å². The number of hydrogen-bond donors (Lipinski definition) is 0. The molecule has 0 unspecified atom stereocenters. The van der Waals surface area contributed by atoms with Crippen LogP contribution < -0.4 is 0 Å². The summed E-state index contributed by atoms with van der Waals surface area (Å²) in [6.07, 6.45) is 0. The van der Waals surface area contributed by atoms with Crippen molar-refractivity contribution >= 4 is 65.6 Å².